The van der Waals surface area contributed by atoms with Crippen LogP contribution in [-0.2, 0) is 10.0 Å². The molecule has 0 spiro atoms. The van der Waals surface area contributed by atoms with E-state index in [1.54, 1.807) is 6.92 Å². The van der Waals surface area contributed by atoms with Crippen molar-refractivity contribution in [3.63, 3.8) is 0 Å². The number of nitrogens with one attached hydrogen (secondary N) is 1. The Bertz CT molecular complexity index is 578. The quantitative estimate of drug-likeness (QED) is 0.901. The molecule has 0 aliphatic carbocycles. The van der Waals surface area contributed by atoms with Gasteiger partial charge in [0, 0.05) is 24.2 Å². The maximum absolute atomic E-state index is 12.8. The van der Waals surface area contributed by atoms with Crippen LogP contribution in [0.2, 0.25) is 15.1 Å². The third kappa shape index (κ3) is 3.08. The summed E-state index contributed by atoms with van der Waals surface area (Å²) >= 11 is 17.9. The standard InChI is InChI=1S/C12H15Cl3N2O2S/c1-2-17(9-3-4-16-7-9)20(18,19)12-10(14)5-8(13)6-11(12)15/h5-6,9,16H,2-4,7H2,1H3. The molecule has 1 fully saturated rings. The molecule has 1 unspecified atom stereocenters. The van der Waals surface area contributed by atoms with Crippen LogP contribution in [0.5, 0.6) is 0 Å². The molecule has 1 saturated heterocycles. The van der Waals surface area contributed by atoms with Crippen molar-refractivity contribution in [3.05, 3.63) is 27.2 Å². The molecule has 0 radical (unpaired) electrons. The molecule has 1 N–H and O–H groups in total. The number of halogens is 3. The number of rotatable bonds is 4. The summed E-state index contributed by atoms with van der Waals surface area (Å²) in [4.78, 5) is -0.0704. The van der Waals surface area contributed by atoms with Crippen LogP contribution in [-0.4, -0.2) is 38.4 Å². The summed E-state index contributed by atoms with van der Waals surface area (Å²) in [6.45, 7) is 3.60. The summed E-state index contributed by atoms with van der Waals surface area (Å²) in [5, 5.41) is 3.56. The maximum Gasteiger partial charge on any atom is 0.246 e. The van der Waals surface area contributed by atoms with E-state index in [1.807, 2.05) is 0 Å². The molecule has 0 bridgehead atoms. The van der Waals surface area contributed by atoms with Crippen LogP contribution in [0, 0.1) is 0 Å². The molecular formula is C12H15Cl3N2O2S. The highest BCUT2D eigenvalue weighted by Gasteiger charge is 2.34. The van der Waals surface area contributed by atoms with Crippen LogP contribution in [0.25, 0.3) is 0 Å². The summed E-state index contributed by atoms with van der Waals surface area (Å²) in [6.07, 6.45) is 0.774. The predicted octanol–water partition coefficient (Wildman–Crippen LogP) is 3.02. The Morgan fingerprint density at radius 1 is 1.30 bits per heavy atom. The zero-order valence-corrected chi connectivity index (χ0v) is 14.0. The maximum atomic E-state index is 12.8. The molecule has 0 amide bonds. The van der Waals surface area contributed by atoms with Crippen molar-refractivity contribution in [3.8, 4) is 0 Å². The van der Waals surface area contributed by atoms with E-state index in [4.69, 9.17) is 34.8 Å². The Hall–Kier alpha value is -0.0400. The first-order chi connectivity index (χ1) is 9.37. The van der Waals surface area contributed by atoms with Gasteiger partial charge in [0.05, 0.1) is 10.0 Å². The summed E-state index contributed by atoms with van der Waals surface area (Å²) in [5.74, 6) is 0. The van der Waals surface area contributed by atoms with Crippen LogP contribution in [0.3, 0.4) is 0 Å². The van der Waals surface area contributed by atoms with Gasteiger partial charge in [-0.25, -0.2) is 8.42 Å². The largest absolute Gasteiger partial charge is 0.315 e. The molecule has 1 aromatic carbocycles. The van der Waals surface area contributed by atoms with Crippen LogP contribution in [0.1, 0.15) is 13.3 Å². The van der Waals surface area contributed by atoms with Crippen molar-refractivity contribution >= 4 is 44.8 Å². The van der Waals surface area contributed by atoms with Crippen LogP contribution in [0.4, 0.5) is 0 Å². The second kappa shape index (κ2) is 6.38. The van der Waals surface area contributed by atoms with Gasteiger partial charge in [0.15, 0.2) is 0 Å². The normalized spacial score (nSPS) is 19.8. The van der Waals surface area contributed by atoms with Crippen molar-refractivity contribution in [1.82, 2.24) is 9.62 Å². The molecule has 4 nitrogen and oxygen atoms in total. The Morgan fingerprint density at radius 2 is 1.90 bits per heavy atom. The van der Waals surface area contributed by atoms with Gasteiger partial charge in [0.1, 0.15) is 4.90 Å². The van der Waals surface area contributed by atoms with Gasteiger partial charge in [-0.3, -0.25) is 0 Å². The third-order valence-electron chi connectivity index (χ3n) is 3.28. The van der Waals surface area contributed by atoms with Gasteiger partial charge in [0.25, 0.3) is 0 Å². The Kier molecular flexibility index (Phi) is 5.21. The smallest absolute Gasteiger partial charge is 0.246 e. The van der Waals surface area contributed by atoms with Gasteiger partial charge >= 0.3 is 0 Å². The first kappa shape index (κ1) is 16.3. The molecule has 8 heteroatoms. The number of likely N-dealkylation sites (N-methyl/N-ethyl adjacent to an activating group) is 1. The minimum absolute atomic E-state index is 0.0481. The van der Waals surface area contributed by atoms with Crippen molar-refractivity contribution in [2.24, 2.45) is 0 Å². The second-order valence-corrected chi connectivity index (χ2v) is 7.63. The molecule has 1 aliphatic heterocycles. The zero-order valence-electron chi connectivity index (χ0n) is 10.9. The average Bonchev–Trinajstić information content (AvgIpc) is 2.80. The molecular weight excluding hydrogens is 343 g/mol. The van der Waals surface area contributed by atoms with Gasteiger partial charge in [0.2, 0.25) is 10.0 Å². The van der Waals surface area contributed by atoms with E-state index in [1.165, 1.54) is 16.4 Å². The molecule has 1 aliphatic rings. The zero-order chi connectivity index (χ0) is 14.9. The average molecular weight is 358 g/mol. The fourth-order valence-corrected chi connectivity index (χ4v) is 5.56. The number of nitrogens with zero attached hydrogens (tertiary/aromatic N) is 1. The topological polar surface area (TPSA) is 49.4 Å². The molecule has 112 valence electrons. The van der Waals surface area contributed by atoms with Crippen molar-refractivity contribution in [2.75, 3.05) is 19.6 Å². The van der Waals surface area contributed by atoms with Crippen molar-refractivity contribution < 1.29 is 8.42 Å². The van der Waals surface area contributed by atoms with E-state index in [0.29, 0.717) is 18.1 Å². The lowest BCUT2D eigenvalue weighted by Crippen LogP contribution is -2.41. The van der Waals surface area contributed by atoms with E-state index in [9.17, 15) is 8.42 Å². The van der Waals surface area contributed by atoms with Gasteiger partial charge in [-0.2, -0.15) is 4.31 Å². The SMILES string of the molecule is CCN(C1CCNC1)S(=O)(=O)c1c(Cl)cc(Cl)cc1Cl. The van der Waals surface area contributed by atoms with E-state index in [2.05, 4.69) is 5.32 Å². The van der Waals surface area contributed by atoms with E-state index in [-0.39, 0.29) is 21.0 Å². The molecule has 0 saturated carbocycles. The van der Waals surface area contributed by atoms with Gasteiger partial charge in [-0.05, 0) is 25.1 Å². The lowest BCUT2D eigenvalue weighted by molar-refractivity contribution is 0.349. The van der Waals surface area contributed by atoms with Crippen LogP contribution < -0.4 is 5.32 Å². The van der Waals surface area contributed by atoms with Gasteiger partial charge < -0.3 is 5.32 Å². The van der Waals surface area contributed by atoms with E-state index < -0.39 is 10.0 Å². The van der Waals surface area contributed by atoms with Crippen molar-refractivity contribution in [2.45, 2.75) is 24.3 Å². The minimum Gasteiger partial charge on any atom is -0.315 e. The molecule has 2 rings (SSSR count). The van der Waals surface area contributed by atoms with E-state index >= 15 is 0 Å². The fraction of sp³-hybridized carbons (Fsp3) is 0.500. The Balaban J connectivity index is 2.48. The second-order valence-electron chi connectivity index (χ2n) is 4.55. The van der Waals surface area contributed by atoms with Crippen LogP contribution >= 0.6 is 34.8 Å². The van der Waals surface area contributed by atoms with Crippen LogP contribution in [0.15, 0.2) is 17.0 Å². The molecule has 1 aromatic rings. The highest BCUT2D eigenvalue weighted by Crippen LogP contribution is 2.35. The third-order valence-corrected chi connectivity index (χ3v) is 6.45. The van der Waals surface area contributed by atoms with Gasteiger partial charge in [-0.1, -0.05) is 41.7 Å². The first-order valence-electron chi connectivity index (χ1n) is 6.25. The monoisotopic (exact) mass is 356 g/mol. The predicted molar refractivity (Wildman–Crippen MR) is 82.3 cm³/mol. The summed E-state index contributed by atoms with van der Waals surface area (Å²) < 4.78 is 27.0. The number of hydrogen-bond acceptors (Lipinski definition) is 3. The number of hydrogen-bond donors (Lipinski definition) is 1. The number of sulfonamides is 1. The molecule has 0 aromatic heterocycles. The molecule has 1 atom stereocenters. The lowest BCUT2D eigenvalue weighted by atomic mass is 10.3. The number of benzene rings is 1. The molecule has 1 heterocycles. The highest BCUT2D eigenvalue weighted by molar-refractivity contribution is 7.89. The summed E-state index contributed by atoms with van der Waals surface area (Å²) in [7, 11) is -3.74. The molecule has 20 heavy (non-hydrogen) atoms. The fourth-order valence-electron chi connectivity index (χ4n) is 2.40. The van der Waals surface area contributed by atoms with E-state index in [0.717, 1.165) is 13.0 Å². The van der Waals surface area contributed by atoms with Crippen molar-refractivity contribution in [1.29, 1.82) is 0 Å². The lowest BCUT2D eigenvalue weighted by Gasteiger charge is -2.27. The highest BCUT2D eigenvalue weighted by atomic mass is 35.5. The minimum atomic E-state index is -3.74. The first-order valence-corrected chi connectivity index (χ1v) is 8.82. The summed E-state index contributed by atoms with van der Waals surface area (Å²) in [6, 6.07) is 2.71. The summed E-state index contributed by atoms with van der Waals surface area (Å²) in [5.41, 5.74) is 0. The Labute approximate surface area is 134 Å². The Morgan fingerprint density at radius 3 is 2.35 bits per heavy atom. The van der Waals surface area contributed by atoms with Gasteiger partial charge in [-0.15, -0.1) is 0 Å².